The topological polar surface area (TPSA) is 56.0 Å². The van der Waals surface area contributed by atoms with Crippen LogP contribution >= 0.6 is 22.9 Å². The third-order valence-corrected chi connectivity index (χ3v) is 4.12. The van der Waals surface area contributed by atoms with Gasteiger partial charge in [-0.2, -0.15) is 4.98 Å². The number of carbonyl (C=O) groups is 1. The Hall–Kier alpha value is -1.98. The minimum atomic E-state index is 0.0238. The lowest BCUT2D eigenvalue weighted by atomic mass is 10.1. The molecular formula is C14H9ClN2O2S. The largest absolute Gasteiger partial charge is 0.333 e. The Bertz CT molecular complexity index is 762. The molecule has 3 rings (SSSR count). The molecule has 20 heavy (non-hydrogen) atoms. The number of ketones is 1. The summed E-state index contributed by atoms with van der Waals surface area (Å²) in [7, 11) is 0. The summed E-state index contributed by atoms with van der Waals surface area (Å²) in [6, 6.07) is 8.85. The molecule has 1 aromatic carbocycles. The second-order valence-electron chi connectivity index (χ2n) is 4.15. The molecule has 0 aliphatic carbocycles. The van der Waals surface area contributed by atoms with Gasteiger partial charge in [0.2, 0.25) is 5.82 Å². The smallest absolute Gasteiger partial charge is 0.269 e. The van der Waals surface area contributed by atoms with Gasteiger partial charge in [0.15, 0.2) is 5.78 Å². The van der Waals surface area contributed by atoms with Crippen molar-refractivity contribution in [2.45, 2.75) is 6.92 Å². The second-order valence-corrected chi connectivity index (χ2v) is 5.48. The zero-order chi connectivity index (χ0) is 14.1. The van der Waals surface area contributed by atoms with E-state index in [4.69, 9.17) is 16.1 Å². The first-order valence-electron chi connectivity index (χ1n) is 5.83. The van der Waals surface area contributed by atoms with Crippen molar-refractivity contribution in [2.75, 3.05) is 0 Å². The molecule has 0 N–H and O–H groups in total. The van der Waals surface area contributed by atoms with E-state index in [0.717, 1.165) is 10.4 Å². The van der Waals surface area contributed by atoms with Crippen molar-refractivity contribution in [3.05, 3.63) is 46.3 Å². The van der Waals surface area contributed by atoms with Crippen LogP contribution in [0.3, 0.4) is 0 Å². The summed E-state index contributed by atoms with van der Waals surface area (Å²) in [6.45, 7) is 1.53. The maximum Gasteiger partial charge on any atom is 0.269 e. The summed E-state index contributed by atoms with van der Waals surface area (Å²) in [5.74, 6) is 0.894. The van der Waals surface area contributed by atoms with E-state index in [2.05, 4.69) is 10.1 Å². The van der Waals surface area contributed by atoms with Crippen LogP contribution in [-0.4, -0.2) is 15.9 Å². The van der Waals surface area contributed by atoms with E-state index in [0.29, 0.717) is 22.3 Å². The van der Waals surface area contributed by atoms with Crippen LogP contribution in [0.1, 0.15) is 17.3 Å². The van der Waals surface area contributed by atoms with Crippen molar-refractivity contribution in [2.24, 2.45) is 0 Å². The molecular weight excluding hydrogens is 296 g/mol. The van der Waals surface area contributed by atoms with Gasteiger partial charge in [-0.25, -0.2) is 0 Å². The fourth-order valence-electron chi connectivity index (χ4n) is 1.73. The number of hydrogen-bond donors (Lipinski definition) is 0. The van der Waals surface area contributed by atoms with Gasteiger partial charge in [-0.3, -0.25) is 4.79 Å². The number of carbonyl (C=O) groups excluding carboxylic acids is 1. The van der Waals surface area contributed by atoms with Crippen LogP contribution in [0.2, 0.25) is 5.02 Å². The van der Waals surface area contributed by atoms with Gasteiger partial charge in [-0.05, 0) is 18.4 Å². The molecule has 0 spiro atoms. The minimum Gasteiger partial charge on any atom is -0.333 e. The van der Waals surface area contributed by atoms with Gasteiger partial charge in [0.1, 0.15) is 4.88 Å². The standard InChI is InChI=1S/C14H9ClN2O2S/c1-8(18)9-2-4-10(5-3-9)13-16-14(19-17-13)12-11(15)6-7-20-12/h2-7H,1H3. The molecule has 0 aliphatic rings. The fourth-order valence-corrected chi connectivity index (χ4v) is 2.79. The van der Waals surface area contributed by atoms with Crippen molar-refractivity contribution < 1.29 is 9.32 Å². The summed E-state index contributed by atoms with van der Waals surface area (Å²) >= 11 is 7.48. The van der Waals surface area contributed by atoms with Crippen LogP contribution in [0.25, 0.3) is 22.2 Å². The van der Waals surface area contributed by atoms with Gasteiger partial charge < -0.3 is 4.52 Å². The van der Waals surface area contributed by atoms with E-state index in [1.807, 2.05) is 5.38 Å². The Morgan fingerprint density at radius 2 is 2.00 bits per heavy atom. The number of benzene rings is 1. The third-order valence-electron chi connectivity index (χ3n) is 2.79. The molecule has 0 saturated heterocycles. The summed E-state index contributed by atoms with van der Waals surface area (Å²) in [5, 5.41) is 6.39. The maximum absolute atomic E-state index is 11.2. The van der Waals surface area contributed by atoms with Crippen LogP contribution in [0.5, 0.6) is 0 Å². The Balaban J connectivity index is 1.94. The highest BCUT2D eigenvalue weighted by molar-refractivity contribution is 7.14. The second kappa shape index (κ2) is 5.19. The number of aromatic nitrogens is 2. The zero-order valence-corrected chi connectivity index (χ0v) is 12.0. The molecule has 0 bridgehead atoms. The predicted octanol–water partition coefficient (Wildman–Crippen LogP) is 4.32. The number of Topliss-reactive ketones (excluding diaryl/α,β-unsaturated/α-hetero) is 1. The SMILES string of the molecule is CC(=O)c1ccc(-c2noc(-c3sccc3Cl)n2)cc1. The molecule has 4 nitrogen and oxygen atoms in total. The number of rotatable bonds is 3. The molecule has 0 amide bonds. The van der Waals surface area contributed by atoms with Crippen molar-refractivity contribution in [1.82, 2.24) is 10.1 Å². The van der Waals surface area contributed by atoms with Crippen LogP contribution in [0.15, 0.2) is 40.2 Å². The first-order chi connectivity index (χ1) is 9.65. The van der Waals surface area contributed by atoms with Gasteiger partial charge in [0.25, 0.3) is 5.89 Å². The summed E-state index contributed by atoms with van der Waals surface area (Å²) in [6.07, 6.45) is 0. The summed E-state index contributed by atoms with van der Waals surface area (Å²) in [4.78, 5) is 16.3. The molecule has 0 unspecified atom stereocenters. The average Bonchev–Trinajstić information content (AvgIpc) is 3.07. The van der Waals surface area contributed by atoms with Crippen LogP contribution in [0.4, 0.5) is 0 Å². The molecule has 100 valence electrons. The number of hydrogen-bond acceptors (Lipinski definition) is 5. The average molecular weight is 305 g/mol. The number of thiophene rings is 1. The van der Waals surface area contributed by atoms with Crippen LogP contribution in [-0.2, 0) is 0 Å². The first kappa shape index (κ1) is 13.0. The molecule has 0 aliphatic heterocycles. The predicted molar refractivity (Wildman–Crippen MR) is 78.1 cm³/mol. The van der Waals surface area contributed by atoms with Crippen molar-refractivity contribution in [3.8, 4) is 22.2 Å². The van der Waals surface area contributed by atoms with Gasteiger partial charge in [0, 0.05) is 11.1 Å². The van der Waals surface area contributed by atoms with E-state index < -0.39 is 0 Å². The minimum absolute atomic E-state index is 0.0238. The summed E-state index contributed by atoms with van der Waals surface area (Å²) in [5.41, 5.74) is 1.44. The highest BCUT2D eigenvalue weighted by Crippen LogP contribution is 2.33. The van der Waals surface area contributed by atoms with Crippen LogP contribution in [0, 0.1) is 0 Å². The monoisotopic (exact) mass is 304 g/mol. The Labute approximate surface area is 124 Å². The molecule has 3 aromatic rings. The molecule has 6 heteroatoms. The van der Waals surface area contributed by atoms with Crippen molar-refractivity contribution in [1.29, 1.82) is 0 Å². The molecule has 0 saturated carbocycles. The van der Waals surface area contributed by atoms with Gasteiger partial charge in [-0.15, -0.1) is 11.3 Å². The Kier molecular flexibility index (Phi) is 3.38. The number of halogens is 1. The van der Waals surface area contributed by atoms with E-state index in [1.165, 1.54) is 18.3 Å². The highest BCUT2D eigenvalue weighted by Gasteiger charge is 2.14. The molecule has 0 fully saturated rings. The molecule has 0 radical (unpaired) electrons. The van der Waals surface area contributed by atoms with Gasteiger partial charge >= 0.3 is 0 Å². The Morgan fingerprint density at radius 1 is 1.25 bits per heavy atom. The van der Waals surface area contributed by atoms with E-state index in [1.54, 1.807) is 30.3 Å². The lowest BCUT2D eigenvalue weighted by Crippen LogP contribution is -1.91. The maximum atomic E-state index is 11.2. The first-order valence-corrected chi connectivity index (χ1v) is 7.09. The van der Waals surface area contributed by atoms with Crippen molar-refractivity contribution >= 4 is 28.7 Å². The lowest BCUT2D eigenvalue weighted by Gasteiger charge is -1.96. The number of nitrogens with zero attached hydrogens (tertiary/aromatic N) is 2. The molecule has 2 aromatic heterocycles. The summed E-state index contributed by atoms with van der Waals surface area (Å²) < 4.78 is 5.22. The third kappa shape index (κ3) is 2.37. The van der Waals surface area contributed by atoms with E-state index >= 15 is 0 Å². The van der Waals surface area contributed by atoms with Crippen LogP contribution < -0.4 is 0 Å². The fraction of sp³-hybridized carbons (Fsp3) is 0.0714. The Morgan fingerprint density at radius 3 is 2.60 bits per heavy atom. The van der Waals surface area contributed by atoms with E-state index in [9.17, 15) is 4.79 Å². The van der Waals surface area contributed by atoms with E-state index in [-0.39, 0.29) is 5.78 Å². The lowest BCUT2D eigenvalue weighted by molar-refractivity contribution is 0.101. The quantitative estimate of drug-likeness (QED) is 0.676. The molecule has 2 heterocycles. The zero-order valence-electron chi connectivity index (χ0n) is 10.5. The molecule has 0 atom stereocenters. The van der Waals surface area contributed by atoms with Crippen molar-refractivity contribution in [3.63, 3.8) is 0 Å². The van der Waals surface area contributed by atoms with Gasteiger partial charge in [0.05, 0.1) is 5.02 Å². The normalized spacial score (nSPS) is 10.7. The highest BCUT2D eigenvalue weighted by atomic mass is 35.5. The van der Waals surface area contributed by atoms with Gasteiger partial charge in [-0.1, -0.05) is 41.0 Å².